The Balaban J connectivity index is 1.36. The zero-order valence-corrected chi connectivity index (χ0v) is 17.5. The first-order valence-corrected chi connectivity index (χ1v) is 10.5. The number of amides is 1. The van der Waals surface area contributed by atoms with Crippen LogP contribution in [0.25, 0.3) is 11.1 Å². The van der Waals surface area contributed by atoms with Gasteiger partial charge in [0.15, 0.2) is 0 Å². The van der Waals surface area contributed by atoms with Crippen molar-refractivity contribution in [3.8, 4) is 11.1 Å². The van der Waals surface area contributed by atoms with Gasteiger partial charge in [-0.25, -0.2) is 4.79 Å². The average Bonchev–Trinajstić information content (AvgIpc) is 3.09. The highest BCUT2D eigenvalue weighted by Gasteiger charge is 2.29. The van der Waals surface area contributed by atoms with Crippen LogP contribution < -0.4 is 5.32 Å². The summed E-state index contributed by atoms with van der Waals surface area (Å²) in [5.74, 6) is -1.81. The third kappa shape index (κ3) is 4.72. The largest absolute Gasteiger partial charge is 0.481 e. The van der Waals surface area contributed by atoms with Gasteiger partial charge in [0.1, 0.15) is 6.61 Å². The summed E-state index contributed by atoms with van der Waals surface area (Å²) in [5, 5.41) is 12.7. The van der Waals surface area contributed by atoms with Crippen molar-refractivity contribution in [2.24, 2.45) is 5.92 Å². The van der Waals surface area contributed by atoms with Crippen molar-refractivity contribution in [2.75, 3.05) is 13.2 Å². The summed E-state index contributed by atoms with van der Waals surface area (Å²) in [7, 11) is 0. The molecular weight excluding hydrogens is 414 g/mol. The van der Waals surface area contributed by atoms with Crippen LogP contribution in [0, 0.1) is 5.92 Å². The minimum absolute atomic E-state index is 0.0292. The molecule has 158 valence electrons. The quantitative estimate of drug-likeness (QED) is 0.540. The molecule has 0 radical (unpaired) electrons. The second-order valence-electron chi connectivity index (χ2n) is 7.58. The minimum Gasteiger partial charge on any atom is -0.481 e. The molecule has 4 rings (SSSR count). The lowest BCUT2D eigenvalue weighted by molar-refractivity contribution is -0.141. The summed E-state index contributed by atoms with van der Waals surface area (Å²) in [4.78, 5) is 23.9. The van der Waals surface area contributed by atoms with Crippen LogP contribution in [0.3, 0.4) is 0 Å². The Morgan fingerprint density at radius 1 is 0.968 bits per heavy atom. The van der Waals surface area contributed by atoms with Gasteiger partial charge < -0.3 is 15.2 Å². The van der Waals surface area contributed by atoms with Crippen LogP contribution in [0.5, 0.6) is 0 Å². The molecule has 0 unspecified atom stereocenters. The summed E-state index contributed by atoms with van der Waals surface area (Å²) in [5.41, 5.74) is 5.36. The molecule has 0 saturated heterocycles. The van der Waals surface area contributed by atoms with E-state index in [0.717, 1.165) is 27.8 Å². The van der Waals surface area contributed by atoms with Gasteiger partial charge in [0.05, 0.1) is 5.92 Å². The summed E-state index contributed by atoms with van der Waals surface area (Å²) >= 11 is 5.97. The lowest BCUT2D eigenvalue weighted by Crippen LogP contribution is -2.35. The van der Waals surface area contributed by atoms with Crippen molar-refractivity contribution >= 4 is 23.7 Å². The van der Waals surface area contributed by atoms with Crippen LogP contribution in [-0.2, 0) is 16.0 Å². The maximum absolute atomic E-state index is 12.3. The Bertz CT molecular complexity index is 1070. The number of fused-ring (bicyclic) bond motifs is 3. The number of hydrogen-bond donors (Lipinski definition) is 2. The van der Waals surface area contributed by atoms with Crippen molar-refractivity contribution < 1.29 is 19.4 Å². The highest BCUT2D eigenvalue weighted by Crippen LogP contribution is 2.44. The maximum Gasteiger partial charge on any atom is 0.407 e. The lowest BCUT2D eigenvalue weighted by Gasteiger charge is -2.16. The van der Waals surface area contributed by atoms with E-state index in [1.165, 1.54) is 0 Å². The van der Waals surface area contributed by atoms with E-state index in [9.17, 15) is 14.7 Å². The molecule has 0 aliphatic heterocycles. The third-order valence-electron chi connectivity index (χ3n) is 5.56. The van der Waals surface area contributed by atoms with Gasteiger partial charge in [-0.1, -0.05) is 72.3 Å². The van der Waals surface area contributed by atoms with E-state index in [0.29, 0.717) is 5.02 Å². The molecule has 0 saturated carbocycles. The first-order chi connectivity index (χ1) is 15.0. The van der Waals surface area contributed by atoms with Crippen molar-refractivity contribution in [1.82, 2.24) is 5.32 Å². The van der Waals surface area contributed by atoms with E-state index in [4.69, 9.17) is 16.3 Å². The number of carbonyl (C=O) groups is 2. The molecule has 0 heterocycles. The second kappa shape index (κ2) is 9.23. The number of carboxylic acid groups (broad SMARTS) is 1. The van der Waals surface area contributed by atoms with Crippen molar-refractivity contribution in [1.29, 1.82) is 0 Å². The monoisotopic (exact) mass is 435 g/mol. The molecule has 0 aromatic heterocycles. The number of ether oxygens (including phenoxy) is 1. The first-order valence-electron chi connectivity index (χ1n) is 10.1. The molecule has 0 spiro atoms. The normalized spacial score (nSPS) is 13.2. The highest BCUT2D eigenvalue weighted by atomic mass is 35.5. The van der Waals surface area contributed by atoms with Crippen molar-refractivity contribution in [3.05, 3.63) is 94.5 Å². The number of halogens is 1. The Labute approximate surface area is 185 Å². The van der Waals surface area contributed by atoms with Crippen LogP contribution in [0.2, 0.25) is 5.02 Å². The summed E-state index contributed by atoms with van der Waals surface area (Å²) in [6, 6.07) is 23.2. The van der Waals surface area contributed by atoms with Gasteiger partial charge >= 0.3 is 12.1 Å². The standard InChI is InChI=1S/C25H22ClNO4/c26-18-7-5-6-16(13-18)12-17(24(28)29)14-27-25(30)31-15-23-21-10-3-1-8-19(21)20-9-2-4-11-22(20)23/h1-11,13,17,23H,12,14-15H2,(H,27,30)(H,28,29)/t17-/m1/s1. The minimum atomic E-state index is -0.987. The highest BCUT2D eigenvalue weighted by molar-refractivity contribution is 6.30. The number of rotatable bonds is 7. The van der Waals surface area contributed by atoms with Gasteiger partial charge in [0, 0.05) is 17.5 Å². The smallest absolute Gasteiger partial charge is 0.407 e. The molecule has 1 aliphatic carbocycles. The number of hydrogen-bond acceptors (Lipinski definition) is 3. The molecule has 3 aromatic rings. The topological polar surface area (TPSA) is 75.6 Å². The maximum atomic E-state index is 12.3. The Kier molecular flexibility index (Phi) is 6.23. The van der Waals surface area contributed by atoms with Crippen LogP contribution >= 0.6 is 11.6 Å². The van der Waals surface area contributed by atoms with Crippen molar-refractivity contribution in [2.45, 2.75) is 12.3 Å². The molecule has 5 nitrogen and oxygen atoms in total. The number of benzene rings is 3. The van der Waals surface area contributed by atoms with Crippen LogP contribution in [-0.4, -0.2) is 30.3 Å². The summed E-state index contributed by atoms with van der Waals surface area (Å²) in [6.07, 6.45) is -0.362. The molecule has 1 atom stereocenters. The molecule has 3 aromatic carbocycles. The Morgan fingerprint density at radius 3 is 2.23 bits per heavy atom. The molecule has 1 amide bonds. The first kappa shape index (κ1) is 20.9. The molecule has 1 aliphatic rings. The van der Waals surface area contributed by atoms with E-state index in [-0.39, 0.29) is 25.5 Å². The van der Waals surface area contributed by atoms with Gasteiger partial charge in [-0.15, -0.1) is 0 Å². The second-order valence-corrected chi connectivity index (χ2v) is 8.01. The SMILES string of the molecule is O=C(NC[C@@H](Cc1cccc(Cl)c1)C(=O)O)OCC1c2ccccc2-c2ccccc21. The van der Waals surface area contributed by atoms with E-state index < -0.39 is 18.0 Å². The van der Waals surface area contributed by atoms with Gasteiger partial charge in [-0.2, -0.15) is 0 Å². The van der Waals surface area contributed by atoms with Crippen LogP contribution in [0.4, 0.5) is 4.79 Å². The summed E-state index contributed by atoms with van der Waals surface area (Å²) in [6.45, 7) is 0.157. The molecule has 6 heteroatoms. The van der Waals surface area contributed by atoms with Gasteiger partial charge in [0.2, 0.25) is 0 Å². The number of carbonyl (C=O) groups excluding carboxylic acids is 1. The number of carboxylic acids is 1. The molecule has 31 heavy (non-hydrogen) atoms. The zero-order chi connectivity index (χ0) is 21.8. The van der Waals surface area contributed by atoms with Gasteiger partial charge in [-0.3, -0.25) is 4.79 Å². The number of alkyl carbamates (subject to hydrolysis) is 1. The predicted molar refractivity (Wildman–Crippen MR) is 119 cm³/mol. The lowest BCUT2D eigenvalue weighted by atomic mass is 9.98. The van der Waals surface area contributed by atoms with E-state index in [2.05, 4.69) is 17.4 Å². The van der Waals surface area contributed by atoms with Crippen LogP contribution in [0.1, 0.15) is 22.6 Å². The fourth-order valence-electron chi connectivity index (χ4n) is 4.05. The number of nitrogens with one attached hydrogen (secondary N) is 1. The number of aliphatic carboxylic acids is 1. The van der Waals surface area contributed by atoms with Gasteiger partial charge in [-0.05, 0) is 46.4 Å². The zero-order valence-electron chi connectivity index (χ0n) is 16.8. The van der Waals surface area contributed by atoms with E-state index >= 15 is 0 Å². The fraction of sp³-hybridized carbons (Fsp3) is 0.200. The Hall–Kier alpha value is -3.31. The van der Waals surface area contributed by atoms with E-state index in [1.807, 2.05) is 42.5 Å². The fourth-order valence-corrected chi connectivity index (χ4v) is 4.26. The Morgan fingerprint density at radius 2 is 1.61 bits per heavy atom. The molecule has 0 fully saturated rings. The molecular formula is C25H22ClNO4. The summed E-state index contributed by atoms with van der Waals surface area (Å²) < 4.78 is 5.48. The molecule has 0 bridgehead atoms. The third-order valence-corrected chi connectivity index (χ3v) is 5.79. The van der Waals surface area contributed by atoms with Gasteiger partial charge in [0.25, 0.3) is 0 Å². The van der Waals surface area contributed by atoms with Crippen LogP contribution in [0.15, 0.2) is 72.8 Å². The predicted octanol–water partition coefficient (Wildman–Crippen LogP) is 5.12. The van der Waals surface area contributed by atoms with E-state index in [1.54, 1.807) is 18.2 Å². The van der Waals surface area contributed by atoms with Crippen molar-refractivity contribution in [3.63, 3.8) is 0 Å². The average molecular weight is 436 g/mol. The molecule has 2 N–H and O–H groups in total.